The molecule has 0 saturated carbocycles. The van der Waals surface area contributed by atoms with Gasteiger partial charge in [-0.2, -0.15) is 4.98 Å². The maximum Gasteiger partial charge on any atom is 0.331 e. The molecule has 0 amide bonds. The third kappa shape index (κ3) is 4.51. The Bertz CT molecular complexity index is 858. The monoisotopic (exact) mass is 337 g/mol. The summed E-state index contributed by atoms with van der Waals surface area (Å²) in [6, 6.07) is 10.8. The molecule has 126 valence electrons. The lowest BCUT2D eigenvalue weighted by Crippen LogP contribution is -2.01. The molecule has 0 bridgehead atoms. The van der Waals surface area contributed by atoms with Gasteiger partial charge in [-0.15, -0.1) is 0 Å². The van der Waals surface area contributed by atoms with Gasteiger partial charge in [0.25, 0.3) is 5.89 Å². The lowest BCUT2D eigenvalue weighted by Gasteiger charge is -1.99. The number of rotatable bonds is 6. The van der Waals surface area contributed by atoms with E-state index in [9.17, 15) is 4.79 Å². The highest BCUT2D eigenvalue weighted by atomic mass is 16.6. The van der Waals surface area contributed by atoms with Crippen LogP contribution in [-0.4, -0.2) is 28.2 Å². The van der Waals surface area contributed by atoms with Gasteiger partial charge in [0.05, 0.1) is 7.11 Å². The van der Waals surface area contributed by atoms with Crippen LogP contribution >= 0.6 is 0 Å². The second kappa shape index (κ2) is 7.87. The lowest BCUT2D eigenvalue weighted by atomic mass is 10.2. The summed E-state index contributed by atoms with van der Waals surface area (Å²) >= 11 is 0. The molecule has 0 radical (unpaired) electrons. The van der Waals surface area contributed by atoms with Crippen LogP contribution in [0.25, 0.3) is 17.5 Å². The molecule has 0 fully saturated rings. The van der Waals surface area contributed by atoms with Gasteiger partial charge in [0.1, 0.15) is 5.75 Å². The minimum atomic E-state index is -0.506. The van der Waals surface area contributed by atoms with Crippen molar-refractivity contribution in [1.29, 1.82) is 0 Å². The van der Waals surface area contributed by atoms with Crippen molar-refractivity contribution in [2.45, 2.75) is 6.61 Å². The first-order chi connectivity index (χ1) is 12.2. The molecule has 0 aliphatic carbocycles. The van der Waals surface area contributed by atoms with Crippen molar-refractivity contribution in [1.82, 2.24) is 15.1 Å². The molecule has 0 aliphatic rings. The molecule has 0 N–H and O–H groups in total. The number of pyridine rings is 1. The van der Waals surface area contributed by atoms with Gasteiger partial charge < -0.3 is 14.0 Å². The third-order valence-corrected chi connectivity index (χ3v) is 3.25. The lowest BCUT2D eigenvalue weighted by molar-refractivity contribution is -0.139. The highest BCUT2D eigenvalue weighted by molar-refractivity contribution is 5.86. The zero-order valence-corrected chi connectivity index (χ0v) is 13.5. The predicted molar refractivity (Wildman–Crippen MR) is 89.4 cm³/mol. The summed E-state index contributed by atoms with van der Waals surface area (Å²) in [5.41, 5.74) is 1.58. The van der Waals surface area contributed by atoms with Crippen LogP contribution < -0.4 is 4.74 Å². The van der Waals surface area contributed by atoms with E-state index >= 15 is 0 Å². The van der Waals surface area contributed by atoms with Crippen LogP contribution in [0.1, 0.15) is 11.5 Å². The van der Waals surface area contributed by atoms with Gasteiger partial charge in [-0.3, -0.25) is 4.98 Å². The Morgan fingerprint density at radius 1 is 1.24 bits per heavy atom. The predicted octanol–water partition coefficient (Wildman–Crippen LogP) is 2.90. The molecule has 3 aromatic rings. The van der Waals surface area contributed by atoms with E-state index < -0.39 is 5.97 Å². The van der Waals surface area contributed by atoms with Crippen molar-refractivity contribution >= 4 is 12.0 Å². The highest BCUT2D eigenvalue weighted by Gasteiger charge is 2.10. The summed E-state index contributed by atoms with van der Waals surface area (Å²) in [6.45, 7) is -0.0978. The molecule has 25 heavy (non-hydrogen) atoms. The second-order valence-corrected chi connectivity index (χ2v) is 4.97. The Hall–Kier alpha value is -3.48. The van der Waals surface area contributed by atoms with Gasteiger partial charge >= 0.3 is 5.97 Å². The van der Waals surface area contributed by atoms with Gasteiger partial charge in [0, 0.05) is 24.0 Å². The van der Waals surface area contributed by atoms with Crippen LogP contribution in [0.4, 0.5) is 0 Å². The quantitative estimate of drug-likeness (QED) is 0.505. The minimum Gasteiger partial charge on any atom is -0.497 e. The topological polar surface area (TPSA) is 87.3 Å². The number of hydrogen-bond donors (Lipinski definition) is 0. The summed E-state index contributed by atoms with van der Waals surface area (Å²) in [6.07, 6.45) is 6.23. The van der Waals surface area contributed by atoms with Gasteiger partial charge in [-0.05, 0) is 42.0 Å². The molecular weight excluding hydrogens is 322 g/mol. The van der Waals surface area contributed by atoms with Crippen LogP contribution in [0.2, 0.25) is 0 Å². The first-order valence-electron chi connectivity index (χ1n) is 7.46. The fourth-order valence-corrected chi connectivity index (χ4v) is 1.99. The van der Waals surface area contributed by atoms with Crippen molar-refractivity contribution in [3.63, 3.8) is 0 Å². The average molecular weight is 337 g/mol. The smallest absolute Gasteiger partial charge is 0.331 e. The van der Waals surface area contributed by atoms with Crippen LogP contribution in [0, 0.1) is 0 Å². The van der Waals surface area contributed by atoms with Crippen molar-refractivity contribution in [3.8, 4) is 17.1 Å². The van der Waals surface area contributed by atoms with E-state index in [2.05, 4.69) is 15.1 Å². The Labute approximate surface area is 143 Å². The van der Waals surface area contributed by atoms with Crippen molar-refractivity contribution in [2.24, 2.45) is 0 Å². The summed E-state index contributed by atoms with van der Waals surface area (Å²) in [5, 5.41) is 3.87. The molecule has 2 aromatic heterocycles. The van der Waals surface area contributed by atoms with Crippen LogP contribution in [0.3, 0.4) is 0 Å². The summed E-state index contributed by atoms with van der Waals surface area (Å²) < 4.78 is 15.3. The molecule has 0 spiro atoms. The standard InChI is InChI=1S/C18H15N3O4/c1-23-15-7-5-14(6-8-15)18-20-16(25-21-18)12-24-17(22)9-4-13-3-2-10-19-11-13/h2-11H,12H2,1H3. The Morgan fingerprint density at radius 3 is 2.80 bits per heavy atom. The van der Waals surface area contributed by atoms with E-state index in [1.165, 1.54) is 6.08 Å². The van der Waals surface area contributed by atoms with Crippen LogP contribution in [-0.2, 0) is 16.1 Å². The molecule has 2 heterocycles. The van der Waals surface area contributed by atoms with Gasteiger partial charge in [-0.1, -0.05) is 11.2 Å². The zero-order valence-electron chi connectivity index (χ0n) is 13.5. The minimum absolute atomic E-state index is 0.0978. The van der Waals surface area contributed by atoms with E-state index in [1.54, 1.807) is 43.8 Å². The van der Waals surface area contributed by atoms with Crippen molar-refractivity contribution in [2.75, 3.05) is 7.11 Å². The van der Waals surface area contributed by atoms with E-state index in [0.29, 0.717) is 5.82 Å². The first-order valence-corrected chi connectivity index (χ1v) is 7.46. The Balaban J connectivity index is 1.56. The summed E-state index contributed by atoms with van der Waals surface area (Å²) in [7, 11) is 1.60. The molecular formula is C18H15N3O4. The van der Waals surface area contributed by atoms with Gasteiger partial charge in [-0.25, -0.2) is 4.79 Å². The number of benzene rings is 1. The normalized spacial score (nSPS) is 10.8. The summed E-state index contributed by atoms with van der Waals surface area (Å²) in [5.74, 6) is 0.864. The van der Waals surface area contributed by atoms with Gasteiger partial charge in [0.15, 0.2) is 6.61 Å². The van der Waals surface area contributed by atoms with E-state index in [1.807, 2.05) is 18.2 Å². The number of aromatic nitrogens is 3. The molecule has 1 aromatic carbocycles. The fourth-order valence-electron chi connectivity index (χ4n) is 1.99. The molecule has 3 rings (SSSR count). The molecule has 7 nitrogen and oxygen atoms in total. The number of carbonyl (C=O) groups is 1. The van der Waals surface area contributed by atoms with Crippen LogP contribution in [0.15, 0.2) is 59.4 Å². The summed E-state index contributed by atoms with van der Waals surface area (Å²) in [4.78, 5) is 19.9. The first kappa shape index (κ1) is 16.4. The number of hydrogen-bond acceptors (Lipinski definition) is 7. The maximum atomic E-state index is 11.7. The maximum absolute atomic E-state index is 11.7. The SMILES string of the molecule is COc1ccc(-c2noc(COC(=O)C=Cc3cccnc3)n2)cc1. The number of carbonyl (C=O) groups excluding carboxylic acids is 1. The molecule has 0 atom stereocenters. The molecule has 7 heteroatoms. The number of esters is 1. The van der Waals surface area contributed by atoms with Crippen LogP contribution in [0.5, 0.6) is 5.75 Å². The number of methoxy groups -OCH3 is 1. The highest BCUT2D eigenvalue weighted by Crippen LogP contribution is 2.19. The fraction of sp³-hybridized carbons (Fsp3) is 0.111. The van der Waals surface area contributed by atoms with Gasteiger partial charge in [0.2, 0.25) is 5.82 Å². The van der Waals surface area contributed by atoms with E-state index in [4.69, 9.17) is 14.0 Å². The molecule has 0 saturated heterocycles. The van der Waals surface area contributed by atoms with Crippen molar-refractivity contribution in [3.05, 3.63) is 66.3 Å². The molecule has 0 aliphatic heterocycles. The van der Waals surface area contributed by atoms with Crippen molar-refractivity contribution < 1.29 is 18.8 Å². The largest absolute Gasteiger partial charge is 0.497 e. The number of ether oxygens (including phenoxy) is 2. The van der Waals surface area contributed by atoms with E-state index in [-0.39, 0.29) is 12.5 Å². The second-order valence-electron chi connectivity index (χ2n) is 4.97. The average Bonchev–Trinajstić information content (AvgIpc) is 3.14. The Morgan fingerprint density at radius 2 is 2.08 bits per heavy atom. The Kier molecular flexibility index (Phi) is 5.16. The third-order valence-electron chi connectivity index (χ3n) is 3.25. The molecule has 0 unspecified atom stereocenters. The van der Waals surface area contributed by atoms with E-state index in [0.717, 1.165) is 16.9 Å². The zero-order chi connectivity index (χ0) is 17.5. The number of nitrogens with zero attached hydrogens (tertiary/aromatic N) is 3.